The second kappa shape index (κ2) is 9.37. The Morgan fingerprint density at radius 1 is 1.14 bits per heavy atom. The Morgan fingerprint density at radius 3 is 2.62 bits per heavy atom. The minimum Gasteiger partial charge on any atom is -0.490 e. The van der Waals surface area contributed by atoms with Gasteiger partial charge in [-0.25, -0.2) is 0 Å². The van der Waals surface area contributed by atoms with Crippen LogP contribution in [-0.2, 0) is 11.3 Å². The van der Waals surface area contributed by atoms with Crippen molar-refractivity contribution < 1.29 is 19.1 Å². The maximum atomic E-state index is 12.8. The lowest BCUT2D eigenvalue weighted by Gasteiger charge is -2.15. The van der Waals surface area contributed by atoms with E-state index in [0.29, 0.717) is 28.0 Å². The minimum atomic E-state index is -0.319. The summed E-state index contributed by atoms with van der Waals surface area (Å²) in [6.07, 6.45) is 1.72. The van der Waals surface area contributed by atoms with Gasteiger partial charge < -0.3 is 9.47 Å². The van der Waals surface area contributed by atoms with Crippen LogP contribution in [0, 0.1) is 0 Å². The molecular weight excluding hydrogens is 410 g/mol. The molecule has 0 aliphatic carbocycles. The van der Waals surface area contributed by atoms with Crippen molar-refractivity contribution in [2.75, 3.05) is 6.61 Å². The van der Waals surface area contributed by atoms with Gasteiger partial charge in [0.1, 0.15) is 0 Å². The Morgan fingerprint density at radius 2 is 1.93 bits per heavy atom. The maximum Gasteiger partial charge on any atom is 0.293 e. The highest BCUT2D eigenvalue weighted by Gasteiger charge is 2.35. The molecule has 1 heterocycles. The van der Waals surface area contributed by atoms with E-state index in [9.17, 15) is 9.59 Å². The first-order valence-electron chi connectivity index (χ1n) is 9.30. The van der Waals surface area contributed by atoms with Crippen molar-refractivity contribution in [1.82, 2.24) is 4.90 Å². The first-order valence-corrected chi connectivity index (χ1v) is 10.5. The van der Waals surface area contributed by atoms with Crippen molar-refractivity contribution in [1.29, 1.82) is 0 Å². The maximum absolute atomic E-state index is 12.8. The number of benzene rings is 2. The van der Waals surface area contributed by atoms with E-state index in [2.05, 4.69) is 0 Å². The lowest BCUT2D eigenvalue weighted by atomic mass is 10.1. The summed E-state index contributed by atoms with van der Waals surface area (Å²) in [5.41, 5.74) is 1.56. The first-order chi connectivity index (χ1) is 13.9. The van der Waals surface area contributed by atoms with Crippen molar-refractivity contribution >= 4 is 40.6 Å². The fourth-order valence-corrected chi connectivity index (χ4v) is 3.89. The van der Waals surface area contributed by atoms with Gasteiger partial charge in [-0.1, -0.05) is 29.8 Å². The molecule has 0 saturated carbocycles. The zero-order valence-corrected chi connectivity index (χ0v) is 18.0. The quantitative estimate of drug-likeness (QED) is 0.521. The average Bonchev–Trinajstić information content (AvgIpc) is 2.91. The van der Waals surface area contributed by atoms with E-state index in [4.69, 9.17) is 21.1 Å². The molecule has 1 aliphatic rings. The van der Waals surface area contributed by atoms with Crippen LogP contribution >= 0.6 is 23.4 Å². The van der Waals surface area contributed by atoms with Gasteiger partial charge in [0.15, 0.2) is 11.5 Å². The molecule has 1 aliphatic heterocycles. The number of amides is 2. The van der Waals surface area contributed by atoms with Gasteiger partial charge in [0.05, 0.1) is 24.2 Å². The van der Waals surface area contributed by atoms with Gasteiger partial charge in [-0.2, -0.15) is 0 Å². The molecule has 1 saturated heterocycles. The molecule has 0 N–H and O–H groups in total. The molecule has 0 unspecified atom stereocenters. The van der Waals surface area contributed by atoms with E-state index in [-0.39, 0.29) is 23.8 Å². The van der Waals surface area contributed by atoms with Crippen LogP contribution in [0.25, 0.3) is 6.08 Å². The van der Waals surface area contributed by atoms with Gasteiger partial charge in [0.2, 0.25) is 0 Å². The molecule has 5 nitrogen and oxygen atoms in total. The number of ether oxygens (including phenoxy) is 2. The fraction of sp³-hybridized carbons (Fsp3) is 0.273. The van der Waals surface area contributed by atoms with Crippen molar-refractivity contribution in [3.05, 3.63) is 63.5 Å². The van der Waals surface area contributed by atoms with Crippen LogP contribution in [0.15, 0.2) is 47.4 Å². The molecular formula is C22H22ClNO4S. The largest absolute Gasteiger partial charge is 0.490 e. The zero-order chi connectivity index (χ0) is 21.0. The molecule has 0 radical (unpaired) electrons. The van der Waals surface area contributed by atoms with Gasteiger partial charge in [0.25, 0.3) is 11.1 Å². The highest BCUT2D eigenvalue weighted by molar-refractivity contribution is 8.18. The van der Waals surface area contributed by atoms with Crippen molar-refractivity contribution in [3.8, 4) is 11.5 Å². The number of halogens is 1. The summed E-state index contributed by atoms with van der Waals surface area (Å²) in [5.74, 6) is 0.932. The molecule has 0 bridgehead atoms. The average molecular weight is 432 g/mol. The smallest absolute Gasteiger partial charge is 0.293 e. The third-order valence-corrected chi connectivity index (χ3v) is 5.17. The molecule has 152 valence electrons. The van der Waals surface area contributed by atoms with Crippen LogP contribution in [0.3, 0.4) is 0 Å². The van der Waals surface area contributed by atoms with Crippen LogP contribution < -0.4 is 9.47 Å². The van der Waals surface area contributed by atoms with Crippen LogP contribution in [0.1, 0.15) is 31.9 Å². The van der Waals surface area contributed by atoms with E-state index < -0.39 is 0 Å². The molecule has 0 spiro atoms. The Balaban J connectivity index is 1.82. The van der Waals surface area contributed by atoms with Crippen LogP contribution in [0.5, 0.6) is 11.5 Å². The number of imide groups is 1. The summed E-state index contributed by atoms with van der Waals surface area (Å²) in [5, 5.41) is 0.267. The van der Waals surface area contributed by atoms with E-state index >= 15 is 0 Å². The summed E-state index contributed by atoms with van der Waals surface area (Å²) in [7, 11) is 0. The third kappa shape index (κ3) is 5.34. The standard InChI is InChI=1S/C22H22ClNO4S/c1-4-27-19-11-15(8-9-18(19)28-14(2)3)12-20-21(25)24(22(26)29-20)13-16-6-5-7-17(23)10-16/h5-12,14H,4,13H2,1-3H3/b20-12-. The van der Waals surface area contributed by atoms with Gasteiger partial charge in [-0.3, -0.25) is 14.5 Å². The monoisotopic (exact) mass is 431 g/mol. The molecule has 29 heavy (non-hydrogen) atoms. The number of nitrogens with zero attached hydrogens (tertiary/aromatic N) is 1. The van der Waals surface area contributed by atoms with Gasteiger partial charge >= 0.3 is 0 Å². The number of hydrogen-bond donors (Lipinski definition) is 0. The molecule has 2 amide bonds. The number of rotatable bonds is 7. The highest BCUT2D eigenvalue weighted by Crippen LogP contribution is 2.35. The van der Waals surface area contributed by atoms with Gasteiger partial charge in [-0.15, -0.1) is 0 Å². The molecule has 0 atom stereocenters. The second-order valence-corrected chi connectivity index (χ2v) is 8.13. The predicted molar refractivity (Wildman–Crippen MR) is 116 cm³/mol. The molecule has 7 heteroatoms. The number of hydrogen-bond acceptors (Lipinski definition) is 5. The zero-order valence-electron chi connectivity index (χ0n) is 16.5. The van der Waals surface area contributed by atoms with Crippen molar-refractivity contribution in [2.24, 2.45) is 0 Å². The van der Waals surface area contributed by atoms with Crippen LogP contribution in [-0.4, -0.2) is 28.8 Å². The van der Waals surface area contributed by atoms with E-state index in [1.54, 1.807) is 24.3 Å². The van der Waals surface area contributed by atoms with Gasteiger partial charge in [-0.05, 0) is 74.0 Å². The predicted octanol–water partition coefficient (Wildman–Crippen LogP) is 5.76. The number of thioether (sulfide) groups is 1. The van der Waals surface area contributed by atoms with Gasteiger partial charge in [0, 0.05) is 5.02 Å². The molecule has 1 fully saturated rings. The first kappa shape index (κ1) is 21.3. The second-order valence-electron chi connectivity index (χ2n) is 6.70. The summed E-state index contributed by atoms with van der Waals surface area (Å²) in [4.78, 5) is 26.7. The molecule has 2 aromatic carbocycles. The minimum absolute atomic E-state index is 0.0167. The summed E-state index contributed by atoms with van der Waals surface area (Å²) < 4.78 is 11.4. The third-order valence-electron chi connectivity index (χ3n) is 4.03. The lowest BCUT2D eigenvalue weighted by molar-refractivity contribution is -0.123. The Hall–Kier alpha value is -2.44. The van der Waals surface area contributed by atoms with Crippen molar-refractivity contribution in [2.45, 2.75) is 33.4 Å². The summed E-state index contributed by atoms with van der Waals surface area (Å²) in [6.45, 7) is 6.47. The molecule has 3 rings (SSSR count). The van der Waals surface area contributed by atoms with E-state index in [0.717, 1.165) is 22.9 Å². The number of carbonyl (C=O) groups excluding carboxylic acids is 2. The van der Waals surface area contributed by atoms with E-state index in [1.165, 1.54) is 4.90 Å². The molecule has 2 aromatic rings. The Labute approximate surface area is 179 Å². The number of carbonyl (C=O) groups is 2. The van der Waals surface area contributed by atoms with Crippen molar-refractivity contribution in [3.63, 3.8) is 0 Å². The fourth-order valence-electron chi connectivity index (χ4n) is 2.84. The summed E-state index contributed by atoms with van der Waals surface area (Å²) in [6, 6.07) is 12.6. The molecule has 0 aromatic heterocycles. The highest BCUT2D eigenvalue weighted by atomic mass is 35.5. The Kier molecular flexibility index (Phi) is 6.87. The topological polar surface area (TPSA) is 55.8 Å². The SMILES string of the molecule is CCOc1cc(/C=C2\SC(=O)N(Cc3cccc(Cl)c3)C2=O)ccc1OC(C)C. The van der Waals surface area contributed by atoms with E-state index in [1.807, 2.05) is 45.0 Å². The van der Waals surface area contributed by atoms with Crippen LogP contribution in [0.2, 0.25) is 5.02 Å². The summed E-state index contributed by atoms with van der Waals surface area (Å²) >= 11 is 6.92. The Bertz CT molecular complexity index is 958. The lowest BCUT2D eigenvalue weighted by Crippen LogP contribution is -2.27. The normalized spacial score (nSPS) is 15.5. The van der Waals surface area contributed by atoms with Crippen LogP contribution in [0.4, 0.5) is 4.79 Å².